The van der Waals surface area contributed by atoms with Crippen LogP contribution in [0.4, 0.5) is 0 Å². The molecule has 1 aliphatic heterocycles. The van der Waals surface area contributed by atoms with Crippen molar-refractivity contribution in [3.63, 3.8) is 0 Å². The zero-order valence-corrected chi connectivity index (χ0v) is 8.05. The van der Waals surface area contributed by atoms with Crippen molar-refractivity contribution in [1.29, 1.82) is 0 Å². The molecular weight excluding hydrogens is 166 g/mol. The lowest BCUT2D eigenvalue weighted by atomic mass is 10.1. The first-order valence-corrected chi connectivity index (χ1v) is 4.88. The van der Waals surface area contributed by atoms with Crippen LogP contribution >= 0.6 is 0 Å². The number of hydrogen-bond donors (Lipinski definition) is 2. The van der Waals surface area contributed by atoms with Crippen molar-refractivity contribution in [2.24, 2.45) is 0 Å². The summed E-state index contributed by atoms with van der Waals surface area (Å²) in [6.07, 6.45) is 5.96. The molecule has 0 aliphatic carbocycles. The van der Waals surface area contributed by atoms with Crippen LogP contribution in [0.5, 0.6) is 0 Å². The summed E-state index contributed by atoms with van der Waals surface area (Å²) in [5.74, 6) is -0.742. The number of carboxylic acids is 1. The van der Waals surface area contributed by atoms with E-state index in [0.29, 0.717) is 6.42 Å². The highest BCUT2D eigenvalue weighted by Crippen LogP contribution is 2.14. The molecule has 0 fully saturated rings. The lowest BCUT2D eigenvalue weighted by Gasteiger charge is -2.08. The van der Waals surface area contributed by atoms with Crippen LogP contribution in [0, 0.1) is 0 Å². The average molecular weight is 183 g/mol. The van der Waals surface area contributed by atoms with Crippen LogP contribution < -0.4 is 5.32 Å². The van der Waals surface area contributed by atoms with Gasteiger partial charge in [-0.1, -0.05) is 25.0 Å². The molecule has 2 N–H and O–H groups in total. The van der Waals surface area contributed by atoms with E-state index >= 15 is 0 Å². The van der Waals surface area contributed by atoms with E-state index in [4.69, 9.17) is 5.11 Å². The molecule has 0 aromatic heterocycles. The quantitative estimate of drug-likeness (QED) is 0.653. The molecule has 0 radical (unpaired) electrons. The van der Waals surface area contributed by atoms with Crippen LogP contribution in [-0.2, 0) is 4.79 Å². The van der Waals surface area contributed by atoms with Gasteiger partial charge in [0.05, 0.1) is 0 Å². The molecule has 0 saturated heterocycles. The van der Waals surface area contributed by atoms with Crippen LogP contribution in [0.2, 0.25) is 0 Å². The minimum atomic E-state index is -0.742. The Morgan fingerprint density at radius 1 is 1.77 bits per heavy atom. The molecule has 0 aromatic carbocycles. The van der Waals surface area contributed by atoms with E-state index in [-0.39, 0.29) is 6.04 Å². The minimum absolute atomic E-state index is 0.380. The molecule has 0 saturated carbocycles. The van der Waals surface area contributed by atoms with Crippen LogP contribution in [0.3, 0.4) is 0 Å². The monoisotopic (exact) mass is 183 g/mol. The molecule has 0 bridgehead atoms. The lowest BCUT2D eigenvalue weighted by Crippen LogP contribution is -2.35. The van der Waals surface area contributed by atoms with Crippen molar-refractivity contribution in [1.82, 2.24) is 5.32 Å². The summed E-state index contributed by atoms with van der Waals surface area (Å²) in [5, 5.41) is 11.8. The Kier molecular flexibility index (Phi) is 3.96. The van der Waals surface area contributed by atoms with E-state index in [9.17, 15) is 4.79 Å². The summed E-state index contributed by atoms with van der Waals surface area (Å²) in [6, 6.07) is -0.380. The highest BCUT2D eigenvalue weighted by molar-refractivity contribution is 5.73. The average Bonchev–Trinajstić information content (AvgIpc) is 2.30. The smallest absolute Gasteiger partial charge is 0.321 e. The molecule has 1 rings (SSSR count). The number of carbonyl (C=O) groups is 1. The third-order valence-corrected chi connectivity index (χ3v) is 2.35. The first kappa shape index (κ1) is 10.3. The van der Waals surface area contributed by atoms with Gasteiger partial charge in [-0.05, 0) is 25.8 Å². The zero-order chi connectivity index (χ0) is 9.68. The number of aliphatic carboxylic acids is 1. The van der Waals surface area contributed by atoms with Gasteiger partial charge in [0, 0.05) is 0 Å². The first-order chi connectivity index (χ1) is 6.24. The first-order valence-electron chi connectivity index (χ1n) is 4.88. The Morgan fingerprint density at radius 3 is 3.15 bits per heavy atom. The van der Waals surface area contributed by atoms with E-state index in [0.717, 1.165) is 25.8 Å². The molecule has 13 heavy (non-hydrogen) atoms. The fourth-order valence-corrected chi connectivity index (χ4v) is 1.61. The molecule has 1 atom stereocenters. The summed E-state index contributed by atoms with van der Waals surface area (Å²) < 4.78 is 0. The third kappa shape index (κ3) is 3.19. The van der Waals surface area contributed by atoms with Gasteiger partial charge in [0.1, 0.15) is 6.04 Å². The fourth-order valence-electron chi connectivity index (χ4n) is 1.61. The van der Waals surface area contributed by atoms with E-state index in [2.05, 4.69) is 18.3 Å². The summed E-state index contributed by atoms with van der Waals surface area (Å²) in [6.45, 7) is 2.94. The Labute approximate surface area is 78.8 Å². The zero-order valence-electron chi connectivity index (χ0n) is 8.05. The van der Waals surface area contributed by atoms with Crippen molar-refractivity contribution in [3.8, 4) is 0 Å². The minimum Gasteiger partial charge on any atom is -0.480 e. The number of nitrogens with one attached hydrogen (secondary N) is 1. The number of carboxylic acid groups (broad SMARTS) is 1. The predicted octanol–water partition coefficient (Wildman–Crippen LogP) is 1.55. The van der Waals surface area contributed by atoms with Crippen LogP contribution in [-0.4, -0.2) is 23.7 Å². The van der Waals surface area contributed by atoms with Gasteiger partial charge in [-0.2, -0.15) is 0 Å². The summed E-state index contributed by atoms with van der Waals surface area (Å²) in [7, 11) is 0. The topological polar surface area (TPSA) is 49.3 Å². The Bertz CT molecular complexity index is 211. The molecule has 0 aromatic rings. The van der Waals surface area contributed by atoms with Gasteiger partial charge in [-0.3, -0.25) is 4.79 Å². The van der Waals surface area contributed by atoms with E-state index in [1.54, 1.807) is 0 Å². The molecule has 1 unspecified atom stereocenters. The standard InChI is InChI=1S/C10H17NO2/c1-2-3-8-4-5-9(10(12)13)11-7-6-8/h4,9,11H,2-3,5-7H2,1H3,(H,12,13). The van der Waals surface area contributed by atoms with Crippen molar-refractivity contribution in [2.75, 3.05) is 6.54 Å². The van der Waals surface area contributed by atoms with Crippen LogP contribution in [0.25, 0.3) is 0 Å². The third-order valence-electron chi connectivity index (χ3n) is 2.35. The number of hydrogen-bond acceptors (Lipinski definition) is 2. The molecular formula is C10H17NO2. The molecule has 74 valence electrons. The maximum Gasteiger partial charge on any atom is 0.321 e. The van der Waals surface area contributed by atoms with E-state index < -0.39 is 5.97 Å². The maximum atomic E-state index is 10.7. The molecule has 1 aliphatic rings. The molecule has 3 heteroatoms. The largest absolute Gasteiger partial charge is 0.480 e. The van der Waals surface area contributed by atoms with Gasteiger partial charge in [-0.15, -0.1) is 0 Å². The van der Waals surface area contributed by atoms with Crippen molar-refractivity contribution in [3.05, 3.63) is 11.6 Å². The second-order valence-electron chi connectivity index (χ2n) is 3.44. The summed E-state index contributed by atoms with van der Waals surface area (Å²) >= 11 is 0. The maximum absolute atomic E-state index is 10.7. The highest BCUT2D eigenvalue weighted by Gasteiger charge is 2.17. The van der Waals surface area contributed by atoms with Gasteiger partial charge < -0.3 is 10.4 Å². The van der Waals surface area contributed by atoms with Crippen molar-refractivity contribution in [2.45, 2.75) is 38.6 Å². The second kappa shape index (κ2) is 5.02. The molecule has 1 heterocycles. The van der Waals surface area contributed by atoms with Gasteiger partial charge >= 0.3 is 5.97 Å². The SMILES string of the molecule is CCCC1=CCC(C(=O)O)NCC1. The van der Waals surface area contributed by atoms with Gasteiger partial charge in [0.15, 0.2) is 0 Å². The molecule has 0 spiro atoms. The predicted molar refractivity (Wildman–Crippen MR) is 51.7 cm³/mol. The van der Waals surface area contributed by atoms with Crippen molar-refractivity contribution < 1.29 is 9.90 Å². The Morgan fingerprint density at radius 2 is 2.54 bits per heavy atom. The van der Waals surface area contributed by atoms with Crippen molar-refractivity contribution >= 4 is 5.97 Å². The van der Waals surface area contributed by atoms with E-state index in [1.807, 2.05) is 0 Å². The van der Waals surface area contributed by atoms with Gasteiger partial charge in [-0.25, -0.2) is 0 Å². The van der Waals surface area contributed by atoms with E-state index in [1.165, 1.54) is 5.57 Å². The Balaban J connectivity index is 2.49. The summed E-state index contributed by atoms with van der Waals surface area (Å²) in [4.78, 5) is 10.7. The summed E-state index contributed by atoms with van der Waals surface area (Å²) in [5.41, 5.74) is 1.40. The van der Waals surface area contributed by atoms with Gasteiger partial charge in [0.2, 0.25) is 0 Å². The normalized spacial score (nSPS) is 23.5. The second-order valence-corrected chi connectivity index (χ2v) is 3.44. The lowest BCUT2D eigenvalue weighted by molar-refractivity contribution is -0.139. The Hall–Kier alpha value is -0.830. The van der Waals surface area contributed by atoms with Crippen LogP contribution in [0.15, 0.2) is 11.6 Å². The van der Waals surface area contributed by atoms with Crippen LogP contribution in [0.1, 0.15) is 32.6 Å². The fraction of sp³-hybridized carbons (Fsp3) is 0.700. The van der Waals surface area contributed by atoms with Gasteiger partial charge in [0.25, 0.3) is 0 Å². The number of rotatable bonds is 3. The highest BCUT2D eigenvalue weighted by atomic mass is 16.4. The molecule has 0 amide bonds. The molecule has 3 nitrogen and oxygen atoms in total.